The van der Waals surface area contributed by atoms with Gasteiger partial charge in [0, 0.05) is 36.3 Å². The minimum atomic E-state index is -0.749. The predicted molar refractivity (Wildman–Crippen MR) is 92.2 cm³/mol. The van der Waals surface area contributed by atoms with Crippen molar-refractivity contribution in [3.05, 3.63) is 17.2 Å². The molecule has 1 aromatic rings. The fourth-order valence-corrected chi connectivity index (χ4v) is 5.12. The Labute approximate surface area is 148 Å². The molecule has 1 saturated heterocycles. The topological polar surface area (TPSA) is 76.0 Å². The predicted octanol–water partition coefficient (Wildman–Crippen LogP) is 4.25. The SMILES string of the molecule is CCCC(=O)c1c(O)cc(O)c2c1OC13CCCC2C1CC(C)(C)O3. The van der Waals surface area contributed by atoms with Crippen molar-refractivity contribution >= 4 is 5.78 Å². The van der Waals surface area contributed by atoms with E-state index in [1.165, 1.54) is 6.07 Å². The average Bonchev–Trinajstić information content (AvgIpc) is 2.77. The molecule has 2 fully saturated rings. The lowest BCUT2D eigenvalue weighted by Gasteiger charge is -2.48. The summed E-state index contributed by atoms with van der Waals surface area (Å²) in [4.78, 5) is 12.6. The lowest BCUT2D eigenvalue weighted by molar-refractivity contribution is -0.234. The Morgan fingerprint density at radius 2 is 2.08 bits per heavy atom. The van der Waals surface area contributed by atoms with Crippen molar-refractivity contribution in [3.63, 3.8) is 0 Å². The summed E-state index contributed by atoms with van der Waals surface area (Å²) in [6.45, 7) is 6.04. The molecule has 1 aliphatic carbocycles. The molecule has 5 heteroatoms. The van der Waals surface area contributed by atoms with Crippen molar-refractivity contribution in [2.75, 3.05) is 0 Å². The number of rotatable bonds is 3. The van der Waals surface area contributed by atoms with Crippen molar-refractivity contribution in [2.24, 2.45) is 5.92 Å². The Balaban J connectivity index is 1.91. The molecule has 3 unspecified atom stereocenters. The fraction of sp³-hybridized carbons (Fsp3) is 0.650. The molecule has 2 bridgehead atoms. The molecule has 2 aliphatic heterocycles. The number of ketones is 1. The average molecular weight is 346 g/mol. The fourth-order valence-electron chi connectivity index (χ4n) is 5.12. The maximum Gasteiger partial charge on any atom is 0.214 e. The van der Waals surface area contributed by atoms with Crippen molar-refractivity contribution < 1.29 is 24.5 Å². The van der Waals surface area contributed by atoms with E-state index in [1.807, 2.05) is 6.92 Å². The van der Waals surface area contributed by atoms with Gasteiger partial charge in [-0.2, -0.15) is 0 Å². The van der Waals surface area contributed by atoms with Gasteiger partial charge in [0.05, 0.1) is 5.60 Å². The van der Waals surface area contributed by atoms with Gasteiger partial charge in [0.2, 0.25) is 5.79 Å². The number of hydrogen-bond donors (Lipinski definition) is 2. The highest BCUT2D eigenvalue weighted by atomic mass is 16.7. The van der Waals surface area contributed by atoms with Crippen molar-refractivity contribution in [1.29, 1.82) is 0 Å². The number of carbonyl (C=O) groups is 1. The highest BCUT2D eigenvalue weighted by molar-refractivity contribution is 6.02. The van der Waals surface area contributed by atoms with E-state index in [9.17, 15) is 15.0 Å². The van der Waals surface area contributed by atoms with Gasteiger partial charge in [-0.25, -0.2) is 0 Å². The Morgan fingerprint density at radius 3 is 2.80 bits per heavy atom. The molecule has 136 valence electrons. The van der Waals surface area contributed by atoms with E-state index >= 15 is 0 Å². The summed E-state index contributed by atoms with van der Waals surface area (Å²) in [7, 11) is 0. The summed E-state index contributed by atoms with van der Waals surface area (Å²) in [5, 5.41) is 20.9. The normalized spacial score (nSPS) is 31.8. The first-order valence-corrected chi connectivity index (χ1v) is 9.29. The van der Waals surface area contributed by atoms with Crippen molar-refractivity contribution in [1.82, 2.24) is 0 Å². The Morgan fingerprint density at radius 1 is 1.32 bits per heavy atom. The van der Waals surface area contributed by atoms with Gasteiger partial charge in [-0.15, -0.1) is 0 Å². The zero-order valence-electron chi connectivity index (χ0n) is 15.1. The second-order valence-electron chi connectivity index (χ2n) is 8.29. The molecule has 1 saturated carbocycles. The van der Waals surface area contributed by atoms with Crippen LogP contribution < -0.4 is 4.74 Å². The lowest BCUT2D eigenvalue weighted by atomic mass is 9.67. The van der Waals surface area contributed by atoms with E-state index < -0.39 is 5.79 Å². The molecular weight excluding hydrogens is 320 g/mol. The monoisotopic (exact) mass is 346 g/mol. The van der Waals surface area contributed by atoms with Crippen LogP contribution in [0, 0.1) is 5.92 Å². The first-order valence-electron chi connectivity index (χ1n) is 9.29. The lowest BCUT2D eigenvalue weighted by Crippen LogP contribution is -2.50. The van der Waals surface area contributed by atoms with E-state index in [1.54, 1.807) is 0 Å². The molecule has 25 heavy (non-hydrogen) atoms. The van der Waals surface area contributed by atoms with E-state index in [4.69, 9.17) is 9.47 Å². The number of phenols is 2. The van der Waals surface area contributed by atoms with Gasteiger partial charge < -0.3 is 19.7 Å². The van der Waals surface area contributed by atoms with E-state index in [2.05, 4.69) is 13.8 Å². The van der Waals surface area contributed by atoms with Crippen LogP contribution in [0.5, 0.6) is 17.2 Å². The molecule has 0 radical (unpaired) electrons. The summed E-state index contributed by atoms with van der Waals surface area (Å²) in [5.41, 5.74) is 0.576. The Hall–Kier alpha value is -1.75. The number of carbonyl (C=O) groups excluding carboxylic acids is 1. The molecular formula is C20H26O5. The van der Waals surface area contributed by atoms with Crippen LogP contribution >= 0.6 is 0 Å². The van der Waals surface area contributed by atoms with Gasteiger partial charge in [-0.3, -0.25) is 4.79 Å². The van der Waals surface area contributed by atoms with Gasteiger partial charge in [-0.1, -0.05) is 6.92 Å². The zero-order chi connectivity index (χ0) is 18.0. The van der Waals surface area contributed by atoms with E-state index in [0.717, 1.165) is 25.7 Å². The molecule has 0 aromatic heterocycles. The van der Waals surface area contributed by atoms with Gasteiger partial charge >= 0.3 is 0 Å². The molecule has 4 rings (SSSR count). The number of fused-ring (bicyclic) bond motifs is 2. The molecule has 3 atom stereocenters. The first kappa shape index (κ1) is 16.7. The summed E-state index contributed by atoms with van der Waals surface area (Å²) in [6.07, 6.45) is 4.54. The number of ether oxygens (including phenoxy) is 2. The number of hydrogen-bond acceptors (Lipinski definition) is 5. The molecule has 1 aromatic carbocycles. The summed E-state index contributed by atoms with van der Waals surface area (Å²) in [6, 6.07) is 1.30. The third kappa shape index (κ3) is 2.35. The van der Waals surface area contributed by atoms with Crippen LogP contribution in [0.4, 0.5) is 0 Å². The Bertz CT molecular complexity index is 738. The summed E-state index contributed by atoms with van der Waals surface area (Å²) >= 11 is 0. The number of benzene rings is 1. The minimum absolute atomic E-state index is 0.0192. The largest absolute Gasteiger partial charge is 0.507 e. The van der Waals surface area contributed by atoms with Gasteiger partial charge in [-0.05, 0) is 39.5 Å². The Kier molecular flexibility index (Phi) is 3.59. The van der Waals surface area contributed by atoms with Crippen LogP contribution in [-0.2, 0) is 4.74 Å². The molecule has 0 amide bonds. The maximum atomic E-state index is 12.6. The van der Waals surface area contributed by atoms with Crippen LogP contribution in [0.2, 0.25) is 0 Å². The quantitative estimate of drug-likeness (QED) is 0.800. The van der Waals surface area contributed by atoms with E-state index in [0.29, 0.717) is 24.2 Å². The van der Waals surface area contributed by atoms with Crippen LogP contribution in [0.15, 0.2) is 6.07 Å². The van der Waals surface area contributed by atoms with E-state index in [-0.39, 0.29) is 40.3 Å². The number of phenolic OH excluding ortho intramolecular Hbond substituents is 2. The molecule has 2 N–H and O–H groups in total. The van der Waals surface area contributed by atoms with Crippen LogP contribution in [0.3, 0.4) is 0 Å². The second kappa shape index (κ2) is 5.37. The minimum Gasteiger partial charge on any atom is -0.507 e. The smallest absolute Gasteiger partial charge is 0.214 e. The van der Waals surface area contributed by atoms with Crippen LogP contribution in [-0.4, -0.2) is 27.4 Å². The highest BCUT2D eigenvalue weighted by Crippen LogP contribution is 2.63. The second-order valence-corrected chi connectivity index (χ2v) is 8.29. The highest BCUT2D eigenvalue weighted by Gasteiger charge is 2.62. The van der Waals surface area contributed by atoms with Crippen LogP contribution in [0.25, 0.3) is 0 Å². The van der Waals surface area contributed by atoms with Gasteiger partial charge in [0.1, 0.15) is 22.8 Å². The molecule has 5 nitrogen and oxygen atoms in total. The first-order chi connectivity index (χ1) is 11.8. The van der Waals surface area contributed by atoms with Crippen LogP contribution in [0.1, 0.15) is 81.1 Å². The standard InChI is InChI=1S/C20H26O5/c1-4-6-13(21)17-15(23)9-14(22)16-11-7-5-8-20(24-18(16)17)12(11)10-19(2,3)25-20/h9,11-12,22-23H,4-8,10H2,1-3H3. The molecule has 3 aliphatic rings. The summed E-state index contributed by atoms with van der Waals surface area (Å²) in [5.74, 6) is -0.496. The zero-order valence-corrected chi connectivity index (χ0v) is 15.1. The van der Waals surface area contributed by atoms with Crippen molar-refractivity contribution in [2.45, 2.75) is 76.6 Å². The third-order valence-electron chi connectivity index (χ3n) is 5.93. The maximum absolute atomic E-state index is 12.6. The molecule has 0 spiro atoms. The molecule has 2 heterocycles. The number of Topliss-reactive ketones (excluding diaryl/α,β-unsaturated/α-hetero) is 1. The summed E-state index contributed by atoms with van der Waals surface area (Å²) < 4.78 is 12.7. The van der Waals surface area contributed by atoms with Gasteiger partial charge in [0.15, 0.2) is 5.78 Å². The number of aromatic hydroxyl groups is 2. The van der Waals surface area contributed by atoms with Crippen molar-refractivity contribution in [3.8, 4) is 17.2 Å². The van der Waals surface area contributed by atoms with Gasteiger partial charge in [0.25, 0.3) is 0 Å². The third-order valence-corrected chi connectivity index (χ3v) is 5.93.